The summed E-state index contributed by atoms with van der Waals surface area (Å²) in [5.74, 6) is 0.621. The molecule has 2 aromatic rings. The molecule has 0 bridgehead atoms. The fourth-order valence-electron chi connectivity index (χ4n) is 1.46. The fourth-order valence-corrected chi connectivity index (χ4v) is 2.26. The topological polar surface area (TPSA) is 54.7 Å². The van der Waals surface area contributed by atoms with Gasteiger partial charge < -0.3 is 10.7 Å². The van der Waals surface area contributed by atoms with E-state index in [0.717, 1.165) is 22.6 Å². The van der Waals surface area contributed by atoms with E-state index >= 15 is 0 Å². The molecule has 1 heterocycles. The molecule has 3 nitrogen and oxygen atoms in total. The standard InChI is InChI=1S/C11H13N3S2/c1-2-7-3-4-8-9(5-7)14-11(13-8)16-6-10(12)15/h3-5H,2,6H2,1H3,(H2,12,15)(H,13,14). The molecule has 16 heavy (non-hydrogen) atoms. The van der Waals surface area contributed by atoms with Crippen molar-refractivity contribution in [1.29, 1.82) is 0 Å². The smallest absolute Gasteiger partial charge is 0.166 e. The highest BCUT2D eigenvalue weighted by atomic mass is 32.2. The van der Waals surface area contributed by atoms with Gasteiger partial charge in [-0.3, -0.25) is 0 Å². The molecule has 0 aliphatic rings. The molecular formula is C11H13N3S2. The van der Waals surface area contributed by atoms with E-state index in [2.05, 4.69) is 29.0 Å². The van der Waals surface area contributed by atoms with Crippen LogP contribution in [0.1, 0.15) is 12.5 Å². The predicted octanol–water partition coefficient (Wildman–Crippen LogP) is 2.50. The number of aromatic nitrogens is 2. The van der Waals surface area contributed by atoms with E-state index in [0.29, 0.717) is 10.7 Å². The van der Waals surface area contributed by atoms with E-state index in [4.69, 9.17) is 18.0 Å². The molecule has 0 saturated heterocycles. The molecule has 0 spiro atoms. The third-order valence-corrected chi connectivity index (χ3v) is 3.53. The zero-order valence-electron chi connectivity index (χ0n) is 8.99. The Morgan fingerprint density at radius 3 is 3.06 bits per heavy atom. The van der Waals surface area contributed by atoms with Crippen molar-refractivity contribution >= 4 is 40.0 Å². The Bertz CT molecular complexity index is 519. The molecule has 1 aromatic heterocycles. The average molecular weight is 251 g/mol. The molecular weight excluding hydrogens is 238 g/mol. The molecule has 0 fully saturated rings. The molecule has 0 aliphatic carbocycles. The van der Waals surface area contributed by atoms with Crippen molar-refractivity contribution < 1.29 is 0 Å². The van der Waals surface area contributed by atoms with Crippen molar-refractivity contribution in [3.05, 3.63) is 23.8 Å². The molecule has 0 radical (unpaired) electrons. The molecule has 84 valence electrons. The van der Waals surface area contributed by atoms with E-state index in [1.807, 2.05) is 6.07 Å². The maximum absolute atomic E-state index is 5.45. The van der Waals surface area contributed by atoms with Crippen molar-refractivity contribution in [2.24, 2.45) is 5.73 Å². The highest BCUT2D eigenvalue weighted by Gasteiger charge is 2.04. The maximum Gasteiger partial charge on any atom is 0.166 e. The van der Waals surface area contributed by atoms with Crippen LogP contribution in [0.5, 0.6) is 0 Å². The summed E-state index contributed by atoms with van der Waals surface area (Å²) in [5.41, 5.74) is 8.82. The van der Waals surface area contributed by atoms with Crippen LogP contribution in [-0.4, -0.2) is 20.7 Å². The van der Waals surface area contributed by atoms with Crippen molar-refractivity contribution in [1.82, 2.24) is 9.97 Å². The van der Waals surface area contributed by atoms with Gasteiger partial charge in [0.05, 0.1) is 21.8 Å². The first-order valence-corrected chi connectivity index (χ1v) is 6.48. The van der Waals surface area contributed by atoms with Gasteiger partial charge in [-0.15, -0.1) is 0 Å². The van der Waals surface area contributed by atoms with Crippen molar-refractivity contribution in [3.8, 4) is 0 Å². The van der Waals surface area contributed by atoms with Crippen molar-refractivity contribution in [2.75, 3.05) is 5.75 Å². The van der Waals surface area contributed by atoms with Crippen LogP contribution in [0.3, 0.4) is 0 Å². The van der Waals surface area contributed by atoms with Crippen LogP contribution in [0.25, 0.3) is 11.0 Å². The third-order valence-electron chi connectivity index (χ3n) is 2.28. The number of imidazole rings is 1. The quantitative estimate of drug-likeness (QED) is 0.647. The third kappa shape index (κ3) is 2.54. The first-order chi connectivity index (χ1) is 7.69. The molecule has 3 N–H and O–H groups in total. The number of aryl methyl sites for hydroxylation is 1. The first-order valence-electron chi connectivity index (χ1n) is 5.09. The lowest BCUT2D eigenvalue weighted by Gasteiger charge is -1.94. The number of thioether (sulfide) groups is 1. The van der Waals surface area contributed by atoms with Gasteiger partial charge in [0.15, 0.2) is 5.16 Å². The zero-order valence-corrected chi connectivity index (χ0v) is 10.6. The maximum atomic E-state index is 5.45. The van der Waals surface area contributed by atoms with Crippen LogP contribution in [-0.2, 0) is 6.42 Å². The molecule has 0 amide bonds. The second-order valence-electron chi connectivity index (χ2n) is 3.50. The lowest BCUT2D eigenvalue weighted by atomic mass is 10.1. The number of hydrogen-bond donors (Lipinski definition) is 2. The summed E-state index contributed by atoms with van der Waals surface area (Å²) in [5, 5.41) is 0.871. The van der Waals surface area contributed by atoms with Crippen LogP contribution in [0.15, 0.2) is 23.4 Å². The SMILES string of the molecule is CCc1ccc2nc(SCC(N)=S)[nH]c2c1. The highest BCUT2D eigenvalue weighted by molar-refractivity contribution is 8.00. The lowest BCUT2D eigenvalue weighted by molar-refractivity contribution is 1.08. The van der Waals surface area contributed by atoms with Gasteiger partial charge >= 0.3 is 0 Å². The second-order valence-corrected chi connectivity index (χ2v) is 4.99. The summed E-state index contributed by atoms with van der Waals surface area (Å²) < 4.78 is 0. The summed E-state index contributed by atoms with van der Waals surface area (Å²) in [6, 6.07) is 6.27. The number of benzene rings is 1. The zero-order chi connectivity index (χ0) is 11.5. The average Bonchev–Trinajstić information content (AvgIpc) is 2.67. The van der Waals surface area contributed by atoms with Crippen LogP contribution in [0, 0.1) is 0 Å². The normalized spacial score (nSPS) is 10.8. The number of nitrogens with two attached hydrogens (primary N) is 1. The lowest BCUT2D eigenvalue weighted by Crippen LogP contribution is -2.10. The van der Waals surface area contributed by atoms with Gasteiger partial charge in [0.2, 0.25) is 0 Å². The number of H-pyrrole nitrogens is 1. The number of thiocarbonyl (C=S) groups is 1. The van der Waals surface area contributed by atoms with Crippen molar-refractivity contribution in [3.63, 3.8) is 0 Å². The van der Waals surface area contributed by atoms with Gasteiger partial charge in [-0.2, -0.15) is 0 Å². The van der Waals surface area contributed by atoms with Gasteiger partial charge in [-0.05, 0) is 24.1 Å². The van der Waals surface area contributed by atoms with Gasteiger partial charge in [0, 0.05) is 0 Å². The molecule has 2 rings (SSSR count). The van der Waals surface area contributed by atoms with E-state index in [1.54, 1.807) is 0 Å². The number of rotatable bonds is 4. The van der Waals surface area contributed by atoms with Gasteiger partial charge in [-0.1, -0.05) is 37.0 Å². The molecule has 5 heteroatoms. The number of nitrogens with zero attached hydrogens (tertiary/aromatic N) is 1. The largest absolute Gasteiger partial charge is 0.393 e. The van der Waals surface area contributed by atoms with Gasteiger partial charge in [0.1, 0.15) is 0 Å². The molecule has 0 aliphatic heterocycles. The summed E-state index contributed by atoms with van der Waals surface area (Å²) in [4.78, 5) is 8.21. The van der Waals surface area contributed by atoms with E-state index < -0.39 is 0 Å². The fraction of sp³-hybridized carbons (Fsp3) is 0.273. The number of aromatic amines is 1. The number of fused-ring (bicyclic) bond motifs is 1. The Morgan fingerprint density at radius 2 is 2.38 bits per heavy atom. The number of nitrogens with one attached hydrogen (secondary N) is 1. The monoisotopic (exact) mass is 251 g/mol. The Balaban J connectivity index is 2.25. The summed E-state index contributed by atoms with van der Waals surface area (Å²) in [6.45, 7) is 2.14. The minimum Gasteiger partial charge on any atom is -0.393 e. The molecule has 0 unspecified atom stereocenters. The molecule has 0 atom stereocenters. The van der Waals surface area contributed by atoms with Crippen LogP contribution in [0.4, 0.5) is 0 Å². The van der Waals surface area contributed by atoms with Gasteiger partial charge in [-0.25, -0.2) is 4.98 Å². The van der Waals surface area contributed by atoms with E-state index in [-0.39, 0.29) is 0 Å². The summed E-state index contributed by atoms with van der Waals surface area (Å²) in [7, 11) is 0. The van der Waals surface area contributed by atoms with Gasteiger partial charge in [0.25, 0.3) is 0 Å². The second kappa shape index (κ2) is 4.84. The van der Waals surface area contributed by atoms with Crippen LogP contribution >= 0.6 is 24.0 Å². The minimum atomic E-state index is 0.500. The Labute approximate surface area is 104 Å². The summed E-state index contributed by atoms with van der Waals surface area (Å²) >= 11 is 6.37. The predicted molar refractivity (Wildman–Crippen MR) is 73.0 cm³/mol. The molecule has 1 aromatic carbocycles. The van der Waals surface area contributed by atoms with E-state index in [9.17, 15) is 0 Å². The number of hydrogen-bond acceptors (Lipinski definition) is 3. The molecule has 0 saturated carbocycles. The Morgan fingerprint density at radius 1 is 1.56 bits per heavy atom. The minimum absolute atomic E-state index is 0.500. The Kier molecular flexibility index (Phi) is 3.46. The van der Waals surface area contributed by atoms with E-state index in [1.165, 1.54) is 17.3 Å². The first kappa shape index (κ1) is 11.4. The Hall–Kier alpha value is -1.07. The highest BCUT2D eigenvalue weighted by Crippen LogP contribution is 2.20. The van der Waals surface area contributed by atoms with Crippen molar-refractivity contribution in [2.45, 2.75) is 18.5 Å². The van der Waals surface area contributed by atoms with Crippen LogP contribution in [0.2, 0.25) is 0 Å². The summed E-state index contributed by atoms with van der Waals surface area (Å²) in [6.07, 6.45) is 1.03. The van der Waals surface area contributed by atoms with Crippen LogP contribution < -0.4 is 5.73 Å².